The van der Waals surface area contributed by atoms with Crippen molar-refractivity contribution < 1.29 is 0 Å². The van der Waals surface area contributed by atoms with Gasteiger partial charge < -0.3 is 0 Å². The maximum atomic E-state index is 4.20. The molecule has 0 fully saturated rings. The lowest BCUT2D eigenvalue weighted by Gasteiger charge is -2.05. The Balaban J connectivity index is 2.02. The molecule has 1 aromatic rings. The zero-order chi connectivity index (χ0) is 15.2. The van der Waals surface area contributed by atoms with E-state index in [2.05, 4.69) is 63.8 Å². The lowest BCUT2D eigenvalue weighted by Crippen LogP contribution is -1.88. The Kier molecular flexibility index (Phi) is 5.61. The average Bonchev–Trinajstić information content (AvgIpc) is 2.74. The molecule has 1 unspecified atom stereocenters. The van der Waals surface area contributed by atoms with Gasteiger partial charge in [0.05, 0.1) is 0 Å². The Labute approximate surface area is 130 Å². The normalized spacial score (nSPS) is 17.6. The highest BCUT2D eigenvalue weighted by molar-refractivity contribution is 5.84. The van der Waals surface area contributed by atoms with E-state index in [1.165, 1.54) is 53.5 Å². The quantitative estimate of drug-likeness (QED) is 0.387. The molecule has 0 saturated heterocycles. The van der Waals surface area contributed by atoms with E-state index in [-0.39, 0.29) is 0 Å². The fourth-order valence-corrected chi connectivity index (χ4v) is 3.08. The third kappa shape index (κ3) is 3.75. The molecule has 112 valence electrons. The van der Waals surface area contributed by atoms with Crippen LogP contribution < -0.4 is 0 Å². The number of hydrogen-bond donors (Lipinski definition) is 0. The predicted molar refractivity (Wildman–Crippen MR) is 94.5 cm³/mol. The van der Waals surface area contributed by atoms with E-state index in [1.807, 2.05) is 0 Å². The van der Waals surface area contributed by atoms with Gasteiger partial charge in [0, 0.05) is 5.92 Å². The van der Waals surface area contributed by atoms with Crippen LogP contribution in [0.5, 0.6) is 0 Å². The molecule has 0 nitrogen and oxygen atoms in total. The molecule has 1 aromatic carbocycles. The van der Waals surface area contributed by atoms with Gasteiger partial charge in [0.25, 0.3) is 0 Å². The van der Waals surface area contributed by atoms with Gasteiger partial charge in [-0.3, -0.25) is 0 Å². The van der Waals surface area contributed by atoms with Crippen molar-refractivity contribution in [1.82, 2.24) is 0 Å². The largest absolute Gasteiger partial charge is 0.0958 e. The standard InChI is InChI=1S/C21H28/c1-5-6-7-8-11-16(2)14-15-20-18(4)17(3)19-12-9-10-13-21(19)20/h9-10,12-15,17H,2,5-8,11H2,1,3-4H3/b15-14-. The zero-order valence-corrected chi connectivity index (χ0v) is 13.8. The van der Waals surface area contributed by atoms with Crippen molar-refractivity contribution in [3.8, 4) is 0 Å². The van der Waals surface area contributed by atoms with Crippen molar-refractivity contribution in [1.29, 1.82) is 0 Å². The third-order valence-corrected chi connectivity index (χ3v) is 4.63. The van der Waals surface area contributed by atoms with E-state index in [1.54, 1.807) is 0 Å². The van der Waals surface area contributed by atoms with Crippen LogP contribution in [0.4, 0.5) is 0 Å². The summed E-state index contributed by atoms with van der Waals surface area (Å²) in [7, 11) is 0. The lowest BCUT2D eigenvalue weighted by molar-refractivity contribution is 0.668. The van der Waals surface area contributed by atoms with Crippen molar-refractivity contribution in [3.63, 3.8) is 0 Å². The second-order valence-corrected chi connectivity index (χ2v) is 6.21. The lowest BCUT2D eigenvalue weighted by atomic mass is 9.99. The van der Waals surface area contributed by atoms with Gasteiger partial charge in [-0.2, -0.15) is 0 Å². The van der Waals surface area contributed by atoms with Crippen molar-refractivity contribution in [2.24, 2.45) is 0 Å². The summed E-state index contributed by atoms with van der Waals surface area (Å²) in [5.74, 6) is 0.540. The van der Waals surface area contributed by atoms with Gasteiger partial charge >= 0.3 is 0 Å². The molecular weight excluding hydrogens is 252 g/mol. The van der Waals surface area contributed by atoms with Crippen LogP contribution in [0.1, 0.15) is 69.9 Å². The van der Waals surface area contributed by atoms with E-state index < -0.39 is 0 Å². The van der Waals surface area contributed by atoms with Crippen LogP contribution in [-0.2, 0) is 0 Å². The summed E-state index contributed by atoms with van der Waals surface area (Å²) in [6, 6.07) is 8.77. The van der Waals surface area contributed by atoms with Gasteiger partial charge in [0.1, 0.15) is 0 Å². The van der Waals surface area contributed by atoms with Crippen molar-refractivity contribution in [2.45, 2.75) is 58.8 Å². The van der Waals surface area contributed by atoms with Gasteiger partial charge in [-0.1, -0.05) is 87.3 Å². The fourth-order valence-electron chi connectivity index (χ4n) is 3.08. The summed E-state index contributed by atoms with van der Waals surface area (Å²) >= 11 is 0. The molecule has 0 aromatic heterocycles. The number of allylic oxidation sites excluding steroid dienone is 5. The molecule has 0 heterocycles. The zero-order valence-electron chi connectivity index (χ0n) is 13.8. The molecule has 1 aliphatic rings. The second-order valence-electron chi connectivity index (χ2n) is 6.21. The summed E-state index contributed by atoms with van der Waals surface area (Å²) in [4.78, 5) is 0. The van der Waals surface area contributed by atoms with E-state index in [0.717, 1.165) is 6.42 Å². The van der Waals surface area contributed by atoms with Gasteiger partial charge in [-0.05, 0) is 36.5 Å². The highest BCUT2D eigenvalue weighted by Gasteiger charge is 2.23. The van der Waals surface area contributed by atoms with Crippen LogP contribution in [-0.4, -0.2) is 0 Å². The van der Waals surface area contributed by atoms with Crippen LogP contribution in [0.15, 0.2) is 54.1 Å². The van der Waals surface area contributed by atoms with Crippen LogP contribution in [0, 0.1) is 0 Å². The molecule has 1 aliphatic carbocycles. The molecule has 0 N–H and O–H groups in total. The van der Waals surface area contributed by atoms with Crippen LogP contribution in [0.3, 0.4) is 0 Å². The summed E-state index contributed by atoms with van der Waals surface area (Å²) < 4.78 is 0. The molecule has 0 spiro atoms. The summed E-state index contributed by atoms with van der Waals surface area (Å²) in [6.45, 7) is 11.0. The summed E-state index contributed by atoms with van der Waals surface area (Å²) in [5.41, 5.74) is 6.99. The van der Waals surface area contributed by atoms with E-state index in [9.17, 15) is 0 Å². The van der Waals surface area contributed by atoms with E-state index in [0.29, 0.717) is 5.92 Å². The first-order chi connectivity index (χ1) is 10.1. The number of rotatable bonds is 7. The molecule has 0 saturated carbocycles. The van der Waals surface area contributed by atoms with E-state index >= 15 is 0 Å². The number of unbranched alkanes of at least 4 members (excludes halogenated alkanes) is 3. The number of hydrogen-bond acceptors (Lipinski definition) is 0. The number of fused-ring (bicyclic) bond motifs is 1. The van der Waals surface area contributed by atoms with E-state index in [4.69, 9.17) is 0 Å². The molecular formula is C21H28. The molecule has 0 aliphatic heterocycles. The van der Waals surface area contributed by atoms with Crippen LogP contribution in [0.2, 0.25) is 0 Å². The summed E-state index contributed by atoms with van der Waals surface area (Å²) in [5, 5.41) is 0. The third-order valence-electron chi connectivity index (χ3n) is 4.63. The van der Waals surface area contributed by atoms with Crippen molar-refractivity contribution in [3.05, 3.63) is 65.3 Å². The maximum absolute atomic E-state index is 4.20. The molecule has 0 bridgehead atoms. The SMILES string of the molecule is C=C(/C=C\C1=C(C)C(C)c2ccccc21)CCCCCC. The van der Waals surface area contributed by atoms with Crippen molar-refractivity contribution >= 4 is 5.57 Å². The van der Waals surface area contributed by atoms with Gasteiger partial charge in [-0.25, -0.2) is 0 Å². The topological polar surface area (TPSA) is 0 Å². The minimum Gasteiger partial charge on any atom is -0.0958 e. The second kappa shape index (κ2) is 7.45. The van der Waals surface area contributed by atoms with Crippen molar-refractivity contribution in [2.75, 3.05) is 0 Å². The maximum Gasteiger partial charge on any atom is 0.00324 e. The number of benzene rings is 1. The molecule has 0 amide bonds. The highest BCUT2D eigenvalue weighted by atomic mass is 14.3. The van der Waals surface area contributed by atoms with Crippen LogP contribution >= 0.6 is 0 Å². The predicted octanol–water partition coefficient (Wildman–Crippen LogP) is 6.66. The van der Waals surface area contributed by atoms with Crippen LogP contribution in [0.25, 0.3) is 5.57 Å². The smallest absolute Gasteiger partial charge is 0.00324 e. The Bertz CT molecular complexity index is 557. The molecule has 2 rings (SSSR count). The minimum atomic E-state index is 0.540. The van der Waals surface area contributed by atoms with Gasteiger partial charge in [0.2, 0.25) is 0 Å². The fraction of sp³-hybridized carbons (Fsp3) is 0.429. The minimum absolute atomic E-state index is 0.540. The molecule has 1 atom stereocenters. The monoisotopic (exact) mass is 280 g/mol. The first kappa shape index (κ1) is 15.8. The average molecular weight is 280 g/mol. The molecule has 0 radical (unpaired) electrons. The highest BCUT2D eigenvalue weighted by Crippen LogP contribution is 2.41. The molecule has 21 heavy (non-hydrogen) atoms. The Morgan fingerprint density at radius 2 is 1.95 bits per heavy atom. The Morgan fingerprint density at radius 1 is 1.19 bits per heavy atom. The Hall–Kier alpha value is -1.56. The Morgan fingerprint density at radius 3 is 2.71 bits per heavy atom. The summed E-state index contributed by atoms with van der Waals surface area (Å²) in [6.07, 6.45) is 10.8. The van der Waals surface area contributed by atoms with Gasteiger partial charge in [-0.15, -0.1) is 0 Å². The first-order valence-electron chi connectivity index (χ1n) is 8.31. The van der Waals surface area contributed by atoms with Gasteiger partial charge in [0.15, 0.2) is 0 Å². The molecule has 0 heteroatoms. The first-order valence-corrected chi connectivity index (χ1v) is 8.31.